The van der Waals surface area contributed by atoms with Crippen LogP contribution < -0.4 is 5.32 Å². The number of nitrogens with zero attached hydrogens (tertiary/aromatic N) is 2. The third-order valence-corrected chi connectivity index (χ3v) is 10.2. The standard InChI is InChI=1S/C26H41N3O/c1-17-7-9-20-18(15-17)8-10-22-21(20)11-13-26(2)19(5-4-6-23(22)26)16-27-25(30)24-12-14-28-29(24)3/h12,14,17-23H,4-11,13,15-16H2,1-3H3,(H,27,30)/t17-,18?,19+,20-,21?,22+,23?,26+/m0/s1. The molecule has 4 heteroatoms. The molecule has 4 nitrogen and oxygen atoms in total. The normalized spacial score (nSPS) is 43.2. The van der Waals surface area contributed by atoms with E-state index < -0.39 is 0 Å². The van der Waals surface area contributed by atoms with Crippen molar-refractivity contribution in [3.8, 4) is 0 Å². The third kappa shape index (κ3) is 3.42. The van der Waals surface area contributed by atoms with Crippen molar-refractivity contribution in [3.63, 3.8) is 0 Å². The maximum Gasteiger partial charge on any atom is 0.269 e. The fourth-order valence-corrected chi connectivity index (χ4v) is 8.64. The topological polar surface area (TPSA) is 46.9 Å². The van der Waals surface area contributed by atoms with Crippen LogP contribution in [0.1, 0.15) is 88.5 Å². The smallest absolute Gasteiger partial charge is 0.269 e. The Balaban J connectivity index is 1.28. The first-order valence-corrected chi connectivity index (χ1v) is 12.7. The number of amides is 1. The highest BCUT2D eigenvalue weighted by atomic mass is 16.2. The molecule has 30 heavy (non-hydrogen) atoms. The molecule has 1 aromatic heterocycles. The second-order valence-electron chi connectivity index (χ2n) is 11.6. The average molecular weight is 412 g/mol. The Morgan fingerprint density at radius 2 is 1.97 bits per heavy atom. The summed E-state index contributed by atoms with van der Waals surface area (Å²) in [5.74, 6) is 6.49. The molecule has 1 amide bonds. The number of carbonyl (C=O) groups excluding carboxylic acids is 1. The number of nitrogens with one attached hydrogen (secondary N) is 1. The van der Waals surface area contributed by atoms with Gasteiger partial charge in [0, 0.05) is 19.8 Å². The van der Waals surface area contributed by atoms with Crippen molar-refractivity contribution < 1.29 is 4.79 Å². The van der Waals surface area contributed by atoms with Crippen molar-refractivity contribution in [3.05, 3.63) is 18.0 Å². The molecule has 4 saturated carbocycles. The molecule has 3 unspecified atom stereocenters. The number of fused-ring (bicyclic) bond motifs is 5. The highest BCUT2D eigenvalue weighted by Crippen LogP contribution is 2.62. The second kappa shape index (κ2) is 7.98. The molecule has 0 spiro atoms. The first-order valence-electron chi connectivity index (χ1n) is 12.7. The second-order valence-corrected chi connectivity index (χ2v) is 11.6. The van der Waals surface area contributed by atoms with Gasteiger partial charge in [-0.15, -0.1) is 0 Å². The van der Waals surface area contributed by atoms with Gasteiger partial charge in [0.05, 0.1) is 0 Å². The summed E-state index contributed by atoms with van der Waals surface area (Å²) in [5.41, 5.74) is 1.08. The van der Waals surface area contributed by atoms with Gasteiger partial charge in [-0.2, -0.15) is 5.10 Å². The van der Waals surface area contributed by atoms with E-state index in [4.69, 9.17) is 0 Å². The molecule has 0 aromatic carbocycles. The van der Waals surface area contributed by atoms with Gasteiger partial charge in [0.15, 0.2) is 0 Å². The summed E-state index contributed by atoms with van der Waals surface area (Å²) in [6.45, 7) is 5.90. The fourth-order valence-electron chi connectivity index (χ4n) is 8.64. The van der Waals surface area contributed by atoms with Gasteiger partial charge in [0.1, 0.15) is 5.69 Å². The predicted molar refractivity (Wildman–Crippen MR) is 120 cm³/mol. The Kier molecular flexibility index (Phi) is 5.48. The highest BCUT2D eigenvalue weighted by Gasteiger charge is 2.55. The Labute approximate surface area is 182 Å². The molecular formula is C26H41N3O. The van der Waals surface area contributed by atoms with Crippen LogP contribution in [0.5, 0.6) is 0 Å². The molecule has 1 N–H and O–H groups in total. The lowest BCUT2D eigenvalue weighted by Crippen LogP contribution is -2.54. The van der Waals surface area contributed by atoms with Crippen LogP contribution in [-0.2, 0) is 7.05 Å². The van der Waals surface area contributed by atoms with E-state index in [-0.39, 0.29) is 5.91 Å². The van der Waals surface area contributed by atoms with E-state index in [1.54, 1.807) is 10.9 Å². The minimum atomic E-state index is 0.0336. The zero-order valence-corrected chi connectivity index (χ0v) is 19.3. The Morgan fingerprint density at radius 1 is 1.13 bits per heavy atom. The average Bonchev–Trinajstić information content (AvgIpc) is 3.17. The van der Waals surface area contributed by atoms with E-state index in [0.717, 1.165) is 42.1 Å². The number of rotatable bonds is 3. The number of hydrogen-bond donors (Lipinski definition) is 1. The highest BCUT2D eigenvalue weighted by molar-refractivity contribution is 5.92. The zero-order chi connectivity index (χ0) is 20.9. The van der Waals surface area contributed by atoms with Crippen LogP contribution in [0, 0.1) is 46.8 Å². The van der Waals surface area contributed by atoms with Crippen LogP contribution in [-0.4, -0.2) is 22.2 Å². The Bertz CT molecular complexity index is 772. The van der Waals surface area contributed by atoms with Crippen molar-refractivity contribution in [1.82, 2.24) is 15.1 Å². The van der Waals surface area contributed by atoms with Gasteiger partial charge >= 0.3 is 0 Å². The quantitative estimate of drug-likeness (QED) is 0.719. The SMILES string of the molecule is C[C@H]1CC[C@H]2C(CC[C@@H]3C2CC[C@@]2(C)C3CCC[C@@H]2CNC(=O)c2ccnn2C)C1. The summed E-state index contributed by atoms with van der Waals surface area (Å²) in [7, 11) is 1.84. The molecule has 4 fully saturated rings. The van der Waals surface area contributed by atoms with Gasteiger partial charge in [-0.25, -0.2) is 0 Å². The first kappa shape index (κ1) is 20.6. The maximum atomic E-state index is 12.7. The maximum absolute atomic E-state index is 12.7. The van der Waals surface area contributed by atoms with Crippen LogP contribution in [0.15, 0.2) is 12.3 Å². The van der Waals surface area contributed by atoms with Crippen LogP contribution in [0.4, 0.5) is 0 Å². The first-order chi connectivity index (χ1) is 14.5. The molecule has 4 aliphatic carbocycles. The van der Waals surface area contributed by atoms with Gasteiger partial charge in [-0.1, -0.05) is 26.7 Å². The van der Waals surface area contributed by atoms with E-state index >= 15 is 0 Å². The minimum Gasteiger partial charge on any atom is -0.350 e. The summed E-state index contributed by atoms with van der Waals surface area (Å²) in [4.78, 5) is 12.7. The van der Waals surface area contributed by atoms with E-state index in [1.165, 1.54) is 64.2 Å². The van der Waals surface area contributed by atoms with Crippen molar-refractivity contribution in [2.75, 3.05) is 6.54 Å². The molecule has 1 heterocycles. The summed E-state index contributed by atoms with van der Waals surface area (Å²) in [6, 6.07) is 1.81. The monoisotopic (exact) mass is 411 g/mol. The van der Waals surface area contributed by atoms with Crippen molar-refractivity contribution in [2.24, 2.45) is 53.9 Å². The van der Waals surface area contributed by atoms with Crippen molar-refractivity contribution in [1.29, 1.82) is 0 Å². The van der Waals surface area contributed by atoms with Gasteiger partial charge in [0.25, 0.3) is 5.91 Å². The molecule has 5 rings (SSSR count). The van der Waals surface area contributed by atoms with Gasteiger partial charge in [-0.05, 0) is 104 Å². The van der Waals surface area contributed by atoms with Crippen LogP contribution in [0.25, 0.3) is 0 Å². The summed E-state index contributed by atoms with van der Waals surface area (Å²) in [6.07, 6.45) is 16.0. The van der Waals surface area contributed by atoms with Crippen LogP contribution in [0.2, 0.25) is 0 Å². The zero-order valence-electron chi connectivity index (χ0n) is 19.3. The lowest BCUT2D eigenvalue weighted by Gasteiger charge is -2.60. The van der Waals surface area contributed by atoms with E-state index in [9.17, 15) is 4.79 Å². The Hall–Kier alpha value is -1.32. The number of aromatic nitrogens is 2. The largest absolute Gasteiger partial charge is 0.350 e. The molecule has 0 radical (unpaired) electrons. The number of carbonyl (C=O) groups is 1. The third-order valence-electron chi connectivity index (χ3n) is 10.2. The lowest BCUT2D eigenvalue weighted by atomic mass is 9.45. The van der Waals surface area contributed by atoms with Gasteiger partial charge in [-0.3, -0.25) is 9.48 Å². The van der Waals surface area contributed by atoms with Crippen LogP contribution in [0.3, 0.4) is 0 Å². The molecular weight excluding hydrogens is 370 g/mol. The molecule has 0 aliphatic heterocycles. The minimum absolute atomic E-state index is 0.0336. The van der Waals surface area contributed by atoms with Crippen molar-refractivity contribution in [2.45, 2.75) is 78.1 Å². The van der Waals surface area contributed by atoms with E-state index in [0.29, 0.717) is 17.0 Å². The predicted octanol–water partition coefficient (Wildman–Crippen LogP) is 5.44. The Morgan fingerprint density at radius 3 is 2.77 bits per heavy atom. The summed E-state index contributed by atoms with van der Waals surface area (Å²) < 4.78 is 1.68. The van der Waals surface area contributed by atoms with Gasteiger partial charge in [0.2, 0.25) is 0 Å². The molecule has 1 aromatic rings. The summed E-state index contributed by atoms with van der Waals surface area (Å²) in [5, 5.41) is 7.43. The molecule has 166 valence electrons. The number of aryl methyl sites for hydroxylation is 1. The molecule has 8 atom stereocenters. The molecule has 0 saturated heterocycles. The van der Waals surface area contributed by atoms with Gasteiger partial charge < -0.3 is 5.32 Å². The van der Waals surface area contributed by atoms with Crippen molar-refractivity contribution >= 4 is 5.91 Å². The molecule has 4 aliphatic rings. The number of hydrogen-bond acceptors (Lipinski definition) is 2. The van der Waals surface area contributed by atoms with Crippen LogP contribution >= 0.6 is 0 Å². The fraction of sp³-hybridized carbons (Fsp3) is 0.846. The van der Waals surface area contributed by atoms with E-state index in [2.05, 4.69) is 24.3 Å². The summed E-state index contributed by atoms with van der Waals surface area (Å²) >= 11 is 0. The lowest BCUT2D eigenvalue weighted by molar-refractivity contribution is -0.108. The van der Waals surface area contributed by atoms with E-state index in [1.807, 2.05) is 13.1 Å². The molecule has 0 bridgehead atoms.